The van der Waals surface area contributed by atoms with Crippen LogP contribution in [0.3, 0.4) is 0 Å². The highest BCUT2D eigenvalue weighted by Crippen LogP contribution is 2.23. The van der Waals surface area contributed by atoms with Crippen LogP contribution in [-0.2, 0) is 0 Å². The fourth-order valence-corrected chi connectivity index (χ4v) is 2.74. The van der Waals surface area contributed by atoms with Crippen molar-refractivity contribution in [3.05, 3.63) is 24.0 Å². The zero-order valence-electron chi connectivity index (χ0n) is 12.0. The lowest BCUT2D eigenvalue weighted by Gasteiger charge is -2.24. The van der Waals surface area contributed by atoms with Gasteiger partial charge in [-0.2, -0.15) is 0 Å². The summed E-state index contributed by atoms with van der Waals surface area (Å²) in [5.41, 5.74) is 1.43. The van der Waals surface area contributed by atoms with Crippen molar-refractivity contribution in [2.24, 2.45) is 0 Å². The number of aromatic nitrogens is 1. The maximum Gasteiger partial charge on any atom is 0.272 e. The second-order valence-corrected chi connectivity index (χ2v) is 5.12. The van der Waals surface area contributed by atoms with Crippen LogP contribution in [0, 0.1) is 0 Å². The Morgan fingerprint density at radius 3 is 3.20 bits per heavy atom. The summed E-state index contributed by atoms with van der Waals surface area (Å²) in [6.07, 6.45) is 5.35. The van der Waals surface area contributed by atoms with Gasteiger partial charge in [-0.25, -0.2) is 0 Å². The third kappa shape index (κ3) is 3.48. The van der Waals surface area contributed by atoms with Crippen molar-refractivity contribution in [2.45, 2.75) is 38.6 Å². The van der Waals surface area contributed by atoms with E-state index < -0.39 is 0 Å². The zero-order chi connectivity index (χ0) is 14.4. The van der Waals surface area contributed by atoms with Gasteiger partial charge in [0.25, 0.3) is 5.91 Å². The van der Waals surface area contributed by atoms with Gasteiger partial charge in [0, 0.05) is 37.6 Å². The van der Waals surface area contributed by atoms with Gasteiger partial charge >= 0.3 is 0 Å². The van der Waals surface area contributed by atoms with Gasteiger partial charge in [0.1, 0.15) is 5.69 Å². The van der Waals surface area contributed by atoms with E-state index in [0.717, 1.165) is 44.5 Å². The van der Waals surface area contributed by atoms with Crippen molar-refractivity contribution in [3.8, 4) is 0 Å². The van der Waals surface area contributed by atoms with Crippen LogP contribution in [-0.4, -0.2) is 46.6 Å². The number of carbonyl (C=O) groups is 1. The molecule has 1 fully saturated rings. The number of nitrogens with zero attached hydrogens (tertiary/aromatic N) is 2. The summed E-state index contributed by atoms with van der Waals surface area (Å²) in [6.45, 7) is 3.82. The Morgan fingerprint density at radius 1 is 1.60 bits per heavy atom. The number of carbonyl (C=O) groups excluding carboxylic acids is 1. The topological polar surface area (TPSA) is 65.5 Å². The standard InChI is InChI=1S/C15H23N3O2/c1-2-16-12-7-8-17-14(11-12)15(20)18-9-3-5-13(18)6-4-10-19/h7-8,11,13,19H,2-6,9-10H2,1H3,(H,16,17). The summed E-state index contributed by atoms with van der Waals surface area (Å²) in [4.78, 5) is 18.7. The maximum absolute atomic E-state index is 12.6. The van der Waals surface area contributed by atoms with Crippen LogP contribution in [0.1, 0.15) is 43.1 Å². The van der Waals surface area contributed by atoms with E-state index in [9.17, 15) is 4.79 Å². The Kier molecular flexibility index (Phi) is 5.35. The molecule has 0 radical (unpaired) electrons. The largest absolute Gasteiger partial charge is 0.396 e. The summed E-state index contributed by atoms with van der Waals surface area (Å²) in [5, 5.41) is 12.1. The van der Waals surface area contributed by atoms with Gasteiger partial charge in [0.05, 0.1) is 0 Å². The number of amides is 1. The zero-order valence-corrected chi connectivity index (χ0v) is 12.0. The third-order valence-electron chi connectivity index (χ3n) is 3.69. The van der Waals surface area contributed by atoms with Crippen molar-refractivity contribution < 1.29 is 9.90 Å². The van der Waals surface area contributed by atoms with Crippen LogP contribution in [0.15, 0.2) is 18.3 Å². The van der Waals surface area contributed by atoms with Crippen LogP contribution in [0.2, 0.25) is 0 Å². The van der Waals surface area contributed by atoms with Crippen molar-refractivity contribution in [1.29, 1.82) is 0 Å². The second-order valence-electron chi connectivity index (χ2n) is 5.12. The predicted octanol–water partition coefficient (Wildman–Crippen LogP) is 1.89. The number of hydrogen-bond donors (Lipinski definition) is 2. The summed E-state index contributed by atoms with van der Waals surface area (Å²) in [7, 11) is 0. The van der Waals surface area contributed by atoms with E-state index in [-0.39, 0.29) is 18.6 Å². The molecular formula is C15H23N3O2. The van der Waals surface area contributed by atoms with Crippen molar-refractivity contribution >= 4 is 11.6 Å². The van der Waals surface area contributed by atoms with Crippen LogP contribution < -0.4 is 5.32 Å². The molecule has 0 bridgehead atoms. The minimum atomic E-state index is 0.00481. The van der Waals surface area contributed by atoms with E-state index in [1.807, 2.05) is 24.0 Å². The molecule has 0 saturated carbocycles. The van der Waals surface area contributed by atoms with E-state index in [2.05, 4.69) is 10.3 Å². The fourth-order valence-electron chi connectivity index (χ4n) is 2.74. The Balaban J connectivity index is 2.07. The molecule has 20 heavy (non-hydrogen) atoms. The van der Waals surface area contributed by atoms with Crippen LogP contribution in [0.5, 0.6) is 0 Å². The quantitative estimate of drug-likeness (QED) is 0.833. The van der Waals surface area contributed by atoms with Crippen molar-refractivity contribution in [2.75, 3.05) is 25.0 Å². The van der Waals surface area contributed by atoms with Gasteiger partial charge in [-0.05, 0) is 44.7 Å². The average molecular weight is 277 g/mol. The number of likely N-dealkylation sites (tertiary alicyclic amines) is 1. The van der Waals surface area contributed by atoms with Gasteiger partial charge in [-0.15, -0.1) is 0 Å². The van der Waals surface area contributed by atoms with E-state index >= 15 is 0 Å². The monoisotopic (exact) mass is 277 g/mol. The maximum atomic E-state index is 12.6. The van der Waals surface area contributed by atoms with Crippen molar-refractivity contribution in [3.63, 3.8) is 0 Å². The van der Waals surface area contributed by atoms with E-state index in [1.165, 1.54) is 0 Å². The summed E-state index contributed by atoms with van der Waals surface area (Å²) in [6, 6.07) is 3.93. The highest BCUT2D eigenvalue weighted by molar-refractivity contribution is 5.93. The molecule has 1 aromatic rings. The van der Waals surface area contributed by atoms with Crippen LogP contribution >= 0.6 is 0 Å². The molecule has 1 atom stereocenters. The molecule has 1 aliphatic heterocycles. The smallest absolute Gasteiger partial charge is 0.272 e. The van der Waals surface area contributed by atoms with Gasteiger partial charge in [-0.3, -0.25) is 9.78 Å². The Morgan fingerprint density at radius 2 is 2.45 bits per heavy atom. The van der Waals surface area contributed by atoms with E-state index in [4.69, 9.17) is 5.11 Å². The lowest BCUT2D eigenvalue weighted by molar-refractivity contribution is 0.0718. The highest BCUT2D eigenvalue weighted by atomic mass is 16.3. The molecule has 0 aliphatic carbocycles. The molecule has 1 amide bonds. The molecule has 1 aromatic heterocycles. The minimum Gasteiger partial charge on any atom is -0.396 e. The van der Waals surface area contributed by atoms with Gasteiger partial charge in [0.15, 0.2) is 0 Å². The first kappa shape index (κ1) is 14.8. The molecule has 2 heterocycles. The summed E-state index contributed by atoms with van der Waals surface area (Å²) < 4.78 is 0. The molecular weight excluding hydrogens is 254 g/mol. The number of rotatable bonds is 6. The predicted molar refractivity (Wildman–Crippen MR) is 78.8 cm³/mol. The highest BCUT2D eigenvalue weighted by Gasteiger charge is 2.29. The normalized spacial score (nSPS) is 18.3. The van der Waals surface area contributed by atoms with Crippen molar-refractivity contribution in [1.82, 2.24) is 9.88 Å². The first-order valence-corrected chi connectivity index (χ1v) is 7.38. The Hall–Kier alpha value is -1.62. The average Bonchev–Trinajstić information content (AvgIpc) is 2.93. The molecule has 2 rings (SSSR count). The van der Waals surface area contributed by atoms with Crippen LogP contribution in [0.4, 0.5) is 5.69 Å². The molecule has 2 N–H and O–H groups in total. The molecule has 1 aliphatic rings. The molecule has 1 unspecified atom stereocenters. The van der Waals surface area contributed by atoms with Crippen LogP contribution in [0.25, 0.3) is 0 Å². The number of pyridine rings is 1. The van der Waals surface area contributed by atoms with E-state index in [1.54, 1.807) is 6.20 Å². The Labute approximate surface area is 120 Å². The van der Waals surface area contributed by atoms with Gasteiger partial charge in [-0.1, -0.05) is 0 Å². The Bertz CT molecular complexity index is 450. The molecule has 1 saturated heterocycles. The number of hydrogen-bond acceptors (Lipinski definition) is 4. The number of anilines is 1. The molecule has 110 valence electrons. The number of aliphatic hydroxyl groups excluding tert-OH is 1. The first-order valence-electron chi connectivity index (χ1n) is 7.38. The second kappa shape index (κ2) is 7.24. The first-order chi connectivity index (χ1) is 9.76. The fraction of sp³-hybridized carbons (Fsp3) is 0.600. The van der Waals surface area contributed by atoms with Gasteiger partial charge < -0.3 is 15.3 Å². The third-order valence-corrected chi connectivity index (χ3v) is 3.69. The lowest BCUT2D eigenvalue weighted by atomic mass is 10.1. The number of nitrogens with one attached hydrogen (secondary N) is 1. The van der Waals surface area contributed by atoms with Gasteiger partial charge in [0.2, 0.25) is 0 Å². The SMILES string of the molecule is CCNc1ccnc(C(=O)N2CCCC2CCCO)c1. The lowest BCUT2D eigenvalue weighted by Crippen LogP contribution is -2.36. The molecule has 0 aromatic carbocycles. The van der Waals surface area contributed by atoms with E-state index in [0.29, 0.717) is 5.69 Å². The molecule has 5 heteroatoms. The summed E-state index contributed by atoms with van der Waals surface area (Å²) in [5.74, 6) is 0.00481. The number of aliphatic hydroxyl groups is 1. The molecule has 0 spiro atoms. The summed E-state index contributed by atoms with van der Waals surface area (Å²) >= 11 is 0. The minimum absolute atomic E-state index is 0.00481. The molecule has 5 nitrogen and oxygen atoms in total.